The molecule has 1 atom stereocenters. The third-order valence-electron chi connectivity index (χ3n) is 5.72. The van der Waals surface area contributed by atoms with Crippen LogP contribution in [0, 0.1) is 11.8 Å². The third-order valence-corrected chi connectivity index (χ3v) is 5.72. The number of para-hydroxylation sites is 1. The summed E-state index contributed by atoms with van der Waals surface area (Å²) in [7, 11) is 0. The maximum absolute atomic E-state index is 2.70. The fourth-order valence-corrected chi connectivity index (χ4v) is 4.50. The van der Waals surface area contributed by atoms with Gasteiger partial charge in [-0.2, -0.15) is 0 Å². The van der Waals surface area contributed by atoms with Crippen molar-refractivity contribution in [1.82, 2.24) is 0 Å². The minimum absolute atomic E-state index is 0.515. The van der Waals surface area contributed by atoms with Gasteiger partial charge in [-0.15, -0.1) is 0 Å². The topological polar surface area (TPSA) is 6.25 Å². The lowest BCUT2D eigenvalue weighted by Gasteiger charge is -2.25. The van der Waals surface area contributed by atoms with Crippen LogP contribution in [-0.4, -0.2) is 29.0 Å². The fraction of sp³-hybridized carbons (Fsp3) is 0.708. The summed E-state index contributed by atoms with van der Waals surface area (Å²) in [5, 5.41) is 0. The SMILES string of the molecule is CC(C)C1=[N+](C(C)C)[C@@H](C(C)C)CN1c1c(C(C)C)cccc1C(C)C. The van der Waals surface area contributed by atoms with Crippen molar-refractivity contribution in [2.45, 2.75) is 93.2 Å². The first-order valence-electron chi connectivity index (χ1n) is 10.6. The lowest BCUT2D eigenvalue weighted by molar-refractivity contribution is -0.593. The summed E-state index contributed by atoms with van der Waals surface area (Å²) in [5.41, 5.74) is 4.46. The van der Waals surface area contributed by atoms with Crippen LogP contribution in [-0.2, 0) is 0 Å². The Labute approximate surface area is 162 Å². The van der Waals surface area contributed by atoms with Crippen LogP contribution >= 0.6 is 0 Å². The van der Waals surface area contributed by atoms with Gasteiger partial charge in [0.1, 0.15) is 18.3 Å². The average molecular weight is 358 g/mol. The molecule has 2 nitrogen and oxygen atoms in total. The van der Waals surface area contributed by atoms with Crippen LogP contribution in [0.3, 0.4) is 0 Å². The van der Waals surface area contributed by atoms with Crippen molar-refractivity contribution in [3.05, 3.63) is 29.3 Å². The lowest BCUT2D eigenvalue weighted by Crippen LogP contribution is -2.37. The number of nitrogens with zero attached hydrogens (tertiary/aromatic N) is 2. The summed E-state index contributed by atoms with van der Waals surface area (Å²) in [6, 6.07) is 8.03. The predicted molar refractivity (Wildman–Crippen MR) is 116 cm³/mol. The van der Waals surface area contributed by atoms with Crippen LogP contribution in [0.1, 0.15) is 92.2 Å². The molecule has 26 heavy (non-hydrogen) atoms. The highest BCUT2D eigenvalue weighted by Crippen LogP contribution is 2.38. The molecule has 0 N–H and O–H groups in total. The van der Waals surface area contributed by atoms with E-state index in [-0.39, 0.29) is 0 Å². The van der Waals surface area contributed by atoms with Crippen LogP contribution in [0.15, 0.2) is 18.2 Å². The molecular formula is C24H41N2+. The molecule has 0 spiro atoms. The largest absolute Gasteiger partial charge is 0.256 e. The van der Waals surface area contributed by atoms with Crippen molar-refractivity contribution in [1.29, 1.82) is 0 Å². The first-order chi connectivity index (χ1) is 12.1. The molecule has 146 valence electrons. The van der Waals surface area contributed by atoms with Crippen molar-refractivity contribution < 1.29 is 4.58 Å². The molecule has 0 unspecified atom stereocenters. The first-order valence-corrected chi connectivity index (χ1v) is 10.6. The molecule has 0 saturated carbocycles. The zero-order valence-electron chi connectivity index (χ0n) is 18.8. The molecule has 0 bridgehead atoms. The van der Waals surface area contributed by atoms with Gasteiger partial charge in [0.15, 0.2) is 0 Å². The summed E-state index contributed by atoms with van der Waals surface area (Å²) < 4.78 is 2.70. The average Bonchev–Trinajstić information content (AvgIpc) is 2.94. The van der Waals surface area contributed by atoms with Crippen molar-refractivity contribution in [3.63, 3.8) is 0 Å². The van der Waals surface area contributed by atoms with E-state index in [9.17, 15) is 0 Å². The van der Waals surface area contributed by atoms with Gasteiger partial charge in [0.25, 0.3) is 5.84 Å². The maximum atomic E-state index is 2.70. The number of rotatable bonds is 6. The van der Waals surface area contributed by atoms with Crippen LogP contribution in [0.25, 0.3) is 0 Å². The summed E-state index contributed by atoms with van der Waals surface area (Å²) in [6.07, 6.45) is 0. The molecule has 0 radical (unpaired) electrons. The van der Waals surface area contributed by atoms with Gasteiger partial charge in [0.05, 0.1) is 12.0 Å². The van der Waals surface area contributed by atoms with Gasteiger partial charge in [-0.3, -0.25) is 4.58 Å². The fourth-order valence-electron chi connectivity index (χ4n) is 4.50. The molecule has 1 aliphatic rings. The van der Waals surface area contributed by atoms with Crippen LogP contribution in [0.2, 0.25) is 0 Å². The Bertz CT molecular complexity index is 624. The Kier molecular flexibility index (Phi) is 6.58. The molecule has 0 aliphatic carbocycles. The van der Waals surface area contributed by atoms with E-state index in [1.54, 1.807) is 0 Å². The van der Waals surface area contributed by atoms with E-state index in [0.29, 0.717) is 35.8 Å². The molecular weight excluding hydrogens is 316 g/mol. The van der Waals surface area contributed by atoms with Crippen LogP contribution in [0.5, 0.6) is 0 Å². The van der Waals surface area contributed by atoms with E-state index in [2.05, 4.69) is 96.9 Å². The third kappa shape index (κ3) is 3.85. The quantitative estimate of drug-likeness (QED) is 0.545. The molecule has 1 aromatic rings. The van der Waals surface area contributed by atoms with Crippen molar-refractivity contribution in [3.8, 4) is 0 Å². The Morgan fingerprint density at radius 2 is 1.31 bits per heavy atom. The van der Waals surface area contributed by atoms with Gasteiger partial charge in [-0.05, 0) is 31.6 Å². The Balaban J connectivity index is 2.75. The van der Waals surface area contributed by atoms with E-state index in [1.807, 2.05) is 0 Å². The standard InChI is InChI=1S/C24H41N2/c1-15(2)20-12-11-13-21(16(3)4)23(20)25-14-22(17(5)6)26(19(9)10)24(25)18(7)8/h11-13,15-19,22H,14H2,1-10H3/q+1/t22-/m1/s1. The second-order valence-corrected chi connectivity index (χ2v) is 9.53. The van der Waals surface area contributed by atoms with Gasteiger partial charge < -0.3 is 0 Å². The van der Waals surface area contributed by atoms with E-state index >= 15 is 0 Å². The highest BCUT2D eigenvalue weighted by atomic mass is 15.3. The zero-order valence-corrected chi connectivity index (χ0v) is 18.8. The molecule has 0 aromatic heterocycles. The lowest BCUT2D eigenvalue weighted by atomic mass is 9.91. The van der Waals surface area contributed by atoms with Crippen LogP contribution < -0.4 is 4.90 Å². The van der Waals surface area contributed by atoms with Crippen LogP contribution in [0.4, 0.5) is 5.69 Å². The van der Waals surface area contributed by atoms with Gasteiger partial charge in [-0.25, -0.2) is 4.90 Å². The molecule has 1 aromatic carbocycles. The molecule has 1 heterocycles. The van der Waals surface area contributed by atoms with E-state index in [1.165, 1.54) is 22.6 Å². The minimum atomic E-state index is 0.515. The normalized spacial score (nSPS) is 18.6. The molecule has 2 rings (SSSR count). The number of anilines is 1. The van der Waals surface area contributed by atoms with E-state index in [4.69, 9.17) is 0 Å². The maximum Gasteiger partial charge on any atom is 0.255 e. The number of hydrogen-bond donors (Lipinski definition) is 0. The Morgan fingerprint density at radius 3 is 1.65 bits per heavy atom. The molecule has 0 fully saturated rings. The smallest absolute Gasteiger partial charge is 0.255 e. The van der Waals surface area contributed by atoms with Crippen molar-refractivity contribution in [2.24, 2.45) is 11.8 Å². The van der Waals surface area contributed by atoms with E-state index in [0.717, 1.165) is 6.54 Å². The second kappa shape index (κ2) is 8.15. The summed E-state index contributed by atoms with van der Waals surface area (Å²) in [6.45, 7) is 24.6. The van der Waals surface area contributed by atoms with Gasteiger partial charge >= 0.3 is 0 Å². The van der Waals surface area contributed by atoms with Crippen molar-refractivity contribution >= 4 is 11.5 Å². The summed E-state index contributed by atoms with van der Waals surface area (Å²) >= 11 is 0. The minimum Gasteiger partial charge on any atom is -0.256 e. The molecule has 2 heteroatoms. The highest BCUT2D eigenvalue weighted by molar-refractivity contribution is 5.98. The van der Waals surface area contributed by atoms with Gasteiger partial charge in [0.2, 0.25) is 0 Å². The Morgan fingerprint density at radius 1 is 0.808 bits per heavy atom. The zero-order chi connectivity index (χ0) is 19.8. The molecule has 1 aliphatic heterocycles. The van der Waals surface area contributed by atoms with E-state index < -0.39 is 0 Å². The molecule has 0 amide bonds. The summed E-state index contributed by atoms with van der Waals surface area (Å²) in [5.74, 6) is 3.73. The number of benzene rings is 1. The number of hydrogen-bond acceptors (Lipinski definition) is 1. The monoisotopic (exact) mass is 357 g/mol. The second-order valence-electron chi connectivity index (χ2n) is 9.53. The van der Waals surface area contributed by atoms with Gasteiger partial charge in [-0.1, -0.05) is 73.6 Å². The van der Waals surface area contributed by atoms with Gasteiger partial charge in [0, 0.05) is 11.1 Å². The molecule has 0 saturated heterocycles. The highest BCUT2D eigenvalue weighted by Gasteiger charge is 2.45. The Hall–Kier alpha value is -1.31. The first kappa shape index (κ1) is 21.0. The summed E-state index contributed by atoms with van der Waals surface area (Å²) in [4.78, 5) is 2.68. The predicted octanol–water partition coefficient (Wildman–Crippen LogP) is 6.25. The van der Waals surface area contributed by atoms with Crippen molar-refractivity contribution in [2.75, 3.05) is 11.4 Å². The number of amidine groups is 1.